The summed E-state index contributed by atoms with van der Waals surface area (Å²) in [5, 5.41) is 3.29. The van der Waals surface area contributed by atoms with E-state index in [0.29, 0.717) is 28.0 Å². The number of carbonyl (C=O) groups excluding carboxylic acids is 1. The van der Waals surface area contributed by atoms with Crippen LogP contribution in [0.1, 0.15) is 15.9 Å². The summed E-state index contributed by atoms with van der Waals surface area (Å²) in [5.74, 6) is -0.248. The third kappa shape index (κ3) is 3.80. The quantitative estimate of drug-likeness (QED) is 0.660. The maximum absolute atomic E-state index is 13.8. The molecule has 2 aromatic carbocycles. The third-order valence-corrected chi connectivity index (χ3v) is 4.64. The van der Waals surface area contributed by atoms with Crippen molar-refractivity contribution in [3.63, 3.8) is 0 Å². The maximum Gasteiger partial charge on any atom is 0.255 e. The molecular formula is C20H18ClFN2O4. The summed E-state index contributed by atoms with van der Waals surface area (Å²) < 4.78 is 24.4. The zero-order valence-electron chi connectivity index (χ0n) is 15.3. The summed E-state index contributed by atoms with van der Waals surface area (Å²) in [6, 6.07) is 9.16. The van der Waals surface area contributed by atoms with Gasteiger partial charge in [-0.2, -0.15) is 0 Å². The second-order valence-corrected chi connectivity index (χ2v) is 6.39. The number of H-pyrrole nitrogens is 1. The second kappa shape index (κ2) is 8.31. The molecule has 3 rings (SSSR count). The summed E-state index contributed by atoms with van der Waals surface area (Å²) in [5.41, 5.74) is 0.442. The number of benzene rings is 2. The van der Waals surface area contributed by atoms with E-state index in [9.17, 15) is 14.0 Å². The Hall–Kier alpha value is -3.06. The number of hydrogen-bond donors (Lipinski definition) is 2. The molecule has 28 heavy (non-hydrogen) atoms. The van der Waals surface area contributed by atoms with E-state index in [0.717, 1.165) is 6.07 Å². The molecule has 0 aliphatic carbocycles. The number of methoxy groups -OCH3 is 2. The van der Waals surface area contributed by atoms with Gasteiger partial charge in [0, 0.05) is 17.5 Å². The monoisotopic (exact) mass is 404 g/mol. The molecule has 1 heterocycles. The van der Waals surface area contributed by atoms with E-state index in [1.54, 1.807) is 18.2 Å². The van der Waals surface area contributed by atoms with Crippen molar-refractivity contribution in [2.45, 2.75) is 6.42 Å². The first-order chi connectivity index (χ1) is 13.5. The molecule has 1 aromatic heterocycles. The topological polar surface area (TPSA) is 80.4 Å². The number of hydrogen-bond acceptors (Lipinski definition) is 4. The molecular weight excluding hydrogens is 387 g/mol. The van der Waals surface area contributed by atoms with Gasteiger partial charge in [0.1, 0.15) is 17.3 Å². The predicted octanol–water partition coefficient (Wildman–Crippen LogP) is 3.31. The van der Waals surface area contributed by atoms with E-state index >= 15 is 0 Å². The molecule has 0 fully saturated rings. The molecule has 2 N–H and O–H groups in total. The fourth-order valence-electron chi connectivity index (χ4n) is 2.93. The van der Waals surface area contributed by atoms with Crippen LogP contribution in [0, 0.1) is 5.82 Å². The highest BCUT2D eigenvalue weighted by molar-refractivity contribution is 6.33. The number of pyridine rings is 1. The van der Waals surface area contributed by atoms with Crippen LogP contribution in [0.5, 0.6) is 11.5 Å². The molecule has 0 saturated carbocycles. The number of halogens is 2. The predicted molar refractivity (Wildman–Crippen MR) is 105 cm³/mol. The van der Waals surface area contributed by atoms with Crippen LogP contribution in [-0.4, -0.2) is 31.7 Å². The Labute approximate surface area is 165 Å². The van der Waals surface area contributed by atoms with Gasteiger partial charge in [-0.3, -0.25) is 9.59 Å². The van der Waals surface area contributed by atoms with E-state index < -0.39 is 11.7 Å². The molecule has 0 radical (unpaired) electrons. The van der Waals surface area contributed by atoms with Crippen LogP contribution in [0.2, 0.25) is 5.02 Å². The highest BCUT2D eigenvalue weighted by atomic mass is 35.5. The summed E-state index contributed by atoms with van der Waals surface area (Å²) in [7, 11) is 3.04. The number of fused-ring (bicyclic) bond motifs is 1. The van der Waals surface area contributed by atoms with Crippen LogP contribution in [0.4, 0.5) is 4.39 Å². The maximum atomic E-state index is 13.8. The van der Waals surface area contributed by atoms with Gasteiger partial charge in [0.2, 0.25) is 0 Å². The average Bonchev–Trinajstić information content (AvgIpc) is 2.67. The van der Waals surface area contributed by atoms with Crippen molar-refractivity contribution in [3.05, 3.63) is 68.7 Å². The number of ether oxygens (including phenoxy) is 2. The fourth-order valence-corrected chi connectivity index (χ4v) is 3.18. The number of aromatic amines is 1. The summed E-state index contributed by atoms with van der Waals surface area (Å²) in [6.07, 6.45) is 0.240. The van der Waals surface area contributed by atoms with Crippen LogP contribution in [0.15, 0.2) is 41.2 Å². The Balaban J connectivity index is 1.82. The van der Waals surface area contributed by atoms with Crippen LogP contribution >= 0.6 is 11.6 Å². The lowest BCUT2D eigenvalue weighted by molar-refractivity contribution is 0.0950. The minimum atomic E-state index is -0.703. The van der Waals surface area contributed by atoms with Crippen molar-refractivity contribution in [2.24, 2.45) is 0 Å². The van der Waals surface area contributed by atoms with Gasteiger partial charge in [-0.25, -0.2) is 4.39 Å². The van der Waals surface area contributed by atoms with Gasteiger partial charge in [-0.05, 0) is 36.8 Å². The number of amides is 1. The van der Waals surface area contributed by atoms with Crippen molar-refractivity contribution >= 4 is 28.4 Å². The Bertz CT molecular complexity index is 1080. The SMILES string of the molecule is COc1ccc(OC)c2[nH]c(=O)c(CCNC(=O)c3c(F)cccc3Cl)cc12. The molecule has 0 saturated heterocycles. The van der Waals surface area contributed by atoms with Gasteiger partial charge < -0.3 is 19.8 Å². The van der Waals surface area contributed by atoms with Gasteiger partial charge in [-0.15, -0.1) is 0 Å². The van der Waals surface area contributed by atoms with Crippen LogP contribution in [-0.2, 0) is 6.42 Å². The Morgan fingerprint density at radius 1 is 1.18 bits per heavy atom. The van der Waals surface area contributed by atoms with Gasteiger partial charge in [-0.1, -0.05) is 17.7 Å². The Morgan fingerprint density at radius 2 is 1.89 bits per heavy atom. The van der Waals surface area contributed by atoms with E-state index in [1.165, 1.54) is 26.4 Å². The number of nitrogens with one attached hydrogen (secondary N) is 2. The normalized spacial score (nSPS) is 10.7. The number of rotatable bonds is 6. The van der Waals surface area contributed by atoms with Gasteiger partial charge >= 0.3 is 0 Å². The molecule has 0 atom stereocenters. The highest BCUT2D eigenvalue weighted by Gasteiger charge is 2.16. The lowest BCUT2D eigenvalue weighted by atomic mass is 10.1. The number of aromatic nitrogens is 1. The zero-order chi connectivity index (χ0) is 20.3. The van der Waals surface area contributed by atoms with Crippen molar-refractivity contribution in [1.29, 1.82) is 0 Å². The van der Waals surface area contributed by atoms with Gasteiger partial charge in [0.25, 0.3) is 11.5 Å². The van der Waals surface area contributed by atoms with E-state index in [2.05, 4.69) is 10.3 Å². The lowest BCUT2D eigenvalue weighted by Gasteiger charge is -2.11. The second-order valence-electron chi connectivity index (χ2n) is 5.99. The average molecular weight is 405 g/mol. The van der Waals surface area contributed by atoms with Gasteiger partial charge in [0.15, 0.2) is 0 Å². The molecule has 1 amide bonds. The molecule has 6 nitrogen and oxygen atoms in total. The van der Waals surface area contributed by atoms with Crippen molar-refractivity contribution in [3.8, 4) is 11.5 Å². The smallest absolute Gasteiger partial charge is 0.255 e. The molecule has 0 unspecified atom stereocenters. The third-order valence-electron chi connectivity index (χ3n) is 4.33. The lowest BCUT2D eigenvalue weighted by Crippen LogP contribution is -2.28. The fraction of sp³-hybridized carbons (Fsp3) is 0.200. The summed E-state index contributed by atoms with van der Waals surface area (Å²) in [4.78, 5) is 27.4. The highest BCUT2D eigenvalue weighted by Crippen LogP contribution is 2.31. The first-order valence-corrected chi connectivity index (χ1v) is 8.83. The molecule has 0 bridgehead atoms. The Morgan fingerprint density at radius 3 is 2.57 bits per heavy atom. The first kappa shape index (κ1) is 19.7. The van der Waals surface area contributed by atoms with E-state index in [4.69, 9.17) is 21.1 Å². The van der Waals surface area contributed by atoms with Crippen molar-refractivity contribution < 1.29 is 18.7 Å². The van der Waals surface area contributed by atoms with Crippen LogP contribution < -0.4 is 20.3 Å². The zero-order valence-corrected chi connectivity index (χ0v) is 16.0. The van der Waals surface area contributed by atoms with Crippen LogP contribution in [0.3, 0.4) is 0 Å². The number of carbonyl (C=O) groups is 1. The van der Waals surface area contributed by atoms with E-state index in [-0.39, 0.29) is 29.1 Å². The Kier molecular flexibility index (Phi) is 5.84. The van der Waals surface area contributed by atoms with Crippen LogP contribution in [0.25, 0.3) is 10.9 Å². The summed E-state index contributed by atoms with van der Waals surface area (Å²) in [6.45, 7) is 0.129. The molecule has 146 valence electrons. The molecule has 0 aliphatic rings. The summed E-state index contributed by atoms with van der Waals surface area (Å²) >= 11 is 5.89. The molecule has 3 aromatic rings. The van der Waals surface area contributed by atoms with Gasteiger partial charge in [0.05, 0.1) is 30.3 Å². The molecule has 8 heteroatoms. The minimum Gasteiger partial charge on any atom is -0.496 e. The largest absolute Gasteiger partial charge is 0.496 e. The van der Waals surface area contributed by atoms with E-state index in [1.807, 2.05) is 0 Å². The van der Waals surface area contributed by atoms with Crippen molar-refractivity contribution in [2.75, 3.05) is 20.8 Å². The molecule has 0 spiro atoms. The minimum absolute atomic E-state index is 0.0258. The van der Waals surface area contributed by atoms with Crippen molar-refractivity contribution in [1.82, 2.24) is 10.3 Å². The standard InChI is InChI=1S/C20H18ClFN2O4/c1-27-15-6-7-16(28-2)18-12(15)10-11(19(25)24-18)8-9-23-20(26)17-13(21)4-3-5-14(17)22/h3-7,10H,8-9H2,1-2H3,(H,23,26)(H,24,25). The first-order valence-electron chi connectivity index (χ1n) is 8.45. The molecule has 0 aliphatic heterocycles.